The lowest BCUT2D eigenvalue weighted by Crippen LogP contribution is -2.33. The van der Waals surface area contributed by atoms with Gasteiger partial charge in [0.15, 0.2) is 0 Å². The van der Waals surface area contributed by atoms with E-state index in [2.05, 4.69) is 6.07 Å². The Labute approximate surface area is 99.8 Å². The molecule has 6 nitrogen and oxygen atoms in total. The second kappa shape index (κ2) is 4.53. The molecule has 0 radical (unpaired) electrons. The van der Waals surface area contributed by atoms with Crippen molar-refractivity contribution in [3.8, 4) is 6.07 Å². The average molecular weight is 237 g/mol. The molecule has 0 N–H and O–H groups in total. The first-order valence-electron chi connectivity index (χ1n) is 5.35. The zero-order chi connectivity index (χ0) is 13.2. The first-order valence-corrected chi connectivity index (χ1v) is 5.35. The van der Waals surface area contributed by atoms with Crippen molar-refractivity contribution < 1.29 is 14.4 Å². The highest BCUT2D eigenvalue weighted by molar-refractivity contribution is 6.44. The number of rotatable bonds is 4. The second-order valence-corrected chi connectivity index (χ2v) is 4.70. The van der Waals surface area contributed by atoms with Crippen molar-refractivity contribution in [2.45, 2.75) is 26.7 Å². The predicted molar refractivity (Wildman–Crippen MR) is 58.5 cm³/mol. The quantitative estimate of drug-likeness (QED) is 0.533. The van der Waals surface area contributed by atoms with Crippen LogP contribution in [0.5, 0.6) is 0 Å². The fourth-order valence-electron chi connectivity index (χ4n) is 1.55. The molecule has 1 aliphatic heterocycles. The number of urea groups is 1. The Morgan fingerprint density at radius 2 is 1.82 bits per heavy atom. The normalized spacial score (nSPS) is 16.7. The van der Waals surface area contributed by atoms with Gasteiger partial charge in [-0.15, -0.1) is 0 Å². The molecule has 17 heavy (non-hydrogen) atoms. The van der Waals surface area contributed by atoms with Gasteiger partial charge in [-0.1, -0.05) is 0 Å². The lowest BCUT2D eigenvalue weighted by atomic mass is 9.90. The lowest BCUT2D eigenvalue weighted by Gasteiger charge is -2.17. The van der Waals surface area contributed by atoms with Crippen molar-refractivity contribution in [2.24, 2.45) is 5.41 Å². The molecule has 0 spiro atoms. The van der Waals surface area contributed by atoms with Gasteiger partial charge in [0.1, 0.15) is 0 Å². The van der Waals surface area contributed by atoms with Crippen LogP contribution in [-0.2, 0) is 9.59 Å². The second-order valence-electron chi connectivity index (χ2n) is 4.70. The topological polar surface area (TPSA) is 81.5 Å². The van der Waals surface area contributed by atoms with Crippen molar-refractivity contribution >= 4 is 17.8 Å². The molecule has 1 rings (SSSR count). The number of carbonyl (C=O) groups is 3. The fraction of sp³-hybridized carbons (Fsp3) is 0.636. The third-order valence-corrected chi connectivity index (χ3v) is 2.74. The Kier molecular flexibility index (Phi) is 3.51. The van der Waals surface area contributed by atoms with E-state index in [0.717, 1.165) is 9.80 Å². The summed E-state index contributed by atoms with van der Waals surface area (Å²) >= 11 is 0. The molecule has 0 unspecified atom stereocenters. The molecule has 6 heteroatoms. The summed E-state index contributed by atoms with van der Waals surface area (Å²) < 4.78 is 0. The van der Waals surface area contributed by atoms with Crippen LogP contribution in [0.25, 0.3) is 0 Å². The van der Waals surface area contributed by atoms with E-state index < -0.39 is 23.3 Å². The van der Waals surface area contributed by atoms with Crippen LogP contribution >= 0.6 is 0 Å². The van der Waals surface area contributed by atoms with Crippen molar-refractivity contribution in [3.05, 3.63) is 0 Å². The Balaban J connectivity index is 2.55. The van der Waals surface area contributed by atoms with Crippen molar-refractivity contribution in [1.82, 2.24) is 9.80 Å². The Morgan fingerprint density at radius 1 is 1.24 bits per heavy atom. The zero-order valence-corrected chi connectivity index (χ0v) is 10.2. The molecule has 1 fully saturated rings. The molecule has 1 saturated heterocycles. The predicted octanol–water partition coefficient (Wildman–Crippen LogP) is 0.737. The minimum absolute atomic E-state index is 0.179. The first-order chi connectivity index (χ1) is 7.80. The van der Waals surface area contributed by atoms with E-state index in [1.165, 1.54) is 7.05 Å². The minimum atomic E-state index is -0.797. The zero-order valence-electron chi connectivity index (χ0n) is 10.2. The Morgan fingerprint density at radius 3 is 2.24 bits per heavy atom. The number of carbonyl (C=O) groups excluding carboxylic acids is 3. The van der Waals surface area contributed by atoms with Gasteiger partial charge in [0.25, 0.3) is 0 Å². The number of hydrogen-bond donors (Lipinski definition) is 0. The summed E-state index contributed by atoms with van der Waals surface area (Å²) in [5.74, 6) is -1.58. The maximum atomic E-state index is 11.5. The van der Waals surface area contributed by atoms with E-state index in [1.807, 2.05) is 0 Å². The third-order valence-electron chi connectivity index (χ3n) is 2.74. The van der Waals surface area contributed by atoms with Crippen LogP contribution < -0.4 is 0 Å². The van der Waals surface area contributed by atoms with Gasteiger partial charge in [0.05, 0.1) is 11.5 Å². The van der Waals surface area contributed by atoms with Crippen LogP contribution in [-0.4, -0.2) is 41.2 Å². The fourth-order valence-corrected chi connectivity index (χ4v) is 1.55. The number of hydrogen-bond acceptors (Lipinski definition) is 4. The van der Waals surface area contributed by atoms with Gasteiger partial charge < -0.3 is 0 Å². The summed E-state index contributed by atoms with van der Waals surface area (Å²) in [7, 11) is 1.28. The van der Waals surface area contributed by atoms with Gasteiger partial charge in [-0.3, -0.25) is 19.4 Å². The standard InChI is InChI=1S/C11H15N3O3/c1-11(2,7-12)5-4-6-14-9(16)8(15)13(3)10(14)17/h4-6H2,1-3H3. The highest BCUT2D eigenvalue weighted by Crippen LogP contribution is 2.21. The van der Waals surface area contributed by atoms with Crippen LogP contribution in [0.1, 0.15) is 26.7 Å². The van der Waals surface area contributed by atoms with E-state index in [-0.39, 0.29) is 6.54 Å². The Bertz CT molecular complexity index is 409. The molecule has 0 atom stereocenters. The summed E-state index contributed by atoms with van der Waals surface area (Å²) in [6, 6.07) is 1.55. The van der Waals surface area contributed by atoms with E-state index in [4.69, 9.17) is 5.26 Å². The number of imide groups is 2. The molecule has 0 bridgehead atoms. The summed E-state index contributed by atoms with van der Waals surface area (Å²) in [6.45, 7) is 3.76. The van der Waals surface area contributed by atoms with Crippen molar-refractivity contribution in [2.75, 3.05) is 13.6 Å². The van der Waals surface area contributed by atoms with Gasteiger partial charge in [-0.2, -0.15) is 5.26 Å². The maximum Gasteiger partial charge on any atom is 0.333 e. The van der Waals surface area contributed by atoms with E-state index in [9.17, 15) is 14.4 Å². The maximum absolute atomic E-state index is 11.5. The van der Waals surface area contributed by atoms with Crippen LogP contribution in [0.4, 0.5) is 4.79 Å². The molecule has 0 aromatic heterocycles. The van der Waals surface area contributed by atoms with Crippen LogP contribution in [0, 0.1) is 16.7 Å². The van der Waals surface area contributed by atoms with Gasteiger partial charge in [0.2, 0.25) is 0 Å². The number of nitrogens with zero attached hydrogens (tertiary/aromatic N) is 3. The van der Waals surface area contributed by atoms with E-state index in [0.29, 0.717) is 12.8 Å². The number of nitriles is 1. The first kappa shape index (κ1) is 13.2. The minimum Gasteiger partial charge on any atom is -0.263 e. The molecule has 92 valence electrons. The summed E-state index contributed by atoms with van der Waals surface area (Å²) in [5, 5.41) is 8.81. The van der Waals surface area contributed by atoms with E-state index in [1.54, 1.807) is 13.8 Å². The SMILES string of the molecule is CN1C(=O)C(=O)N(CCCC(C)(C)C#N)C1=O. The van der Waals surface area contributed by atoms with Crippen molar-refractivity contribution in [3.63, 3.8) is 0 Å². The highest BCUT2D eigenvalue weighted by atomic mass is 16.2. The smallest absolute Gasteiger partial charge is 0.263 e. The number of likely N-dealkylation sites (N-methyl/N-ethyl adjacent to an activating group) is 1. The van der Waals surface area contributed by atoms with Gasteiger partial charge in [-0.05, 0) is 26.7 Å². The van der Waals surface area contributed by atoms with Crippen molar-refractivity contribution in [1.29, 1.82) is 5.26 Å². The molecule has 0 saturated carbocycles. The van der Waals surface area contributed by atoms with Crippen LogP contribution in [0.3, 0.4) is 0 Å². The lowest BCUT2D eigenvalue weighted by molar-refractivity contribution is -0.142. The number of amides is 4. The molecular weight excluding hydrogens is 222 g/mol. The van der Waals surface area contributed by atoms with Gasteiger partial charge in [-0.25, -0.2) is 4.79 Å². The summed E-state index contributed by atoms with van der Waals surface area (Å²) in [6.07, 6.45) is 1.08. The third kappa shape index (κ3) is 2.61. The van der Waals surface area contributed by atoms with E-state index >= 15 is 0 Å². The summed E-state index contributed by atoms with van der Waals surface area (Å²) in [4.78, 5) is 35.8. The molecule has 0 aliphatic carbocycles. The monoisotopic (exact) mass is 237 g/mol. The molecule has 0 aromatic rings. The Hall–Kier alpha value is -1.90. The average Bonchev–Trinajstić information content (AvgIpc) is 2.46. The molecule has 1 aliphatic rings. The highest BCUT2D eigenvalue weighted by Gasteiger charge is 2.41. The summed E-state index contributed by atoms with van der Waals surface area (Å²) in [5.41, 5.74) is -0.484. The molecular formula is C11H15N3O3. The molecule has 0 aromatic carbocycles. The van der Waals surface area contributed by atoms with Gasteiger partial charge in [0, 0.05) is 13.6 Å². The largest absolute Gasteiger partial charge is 0.333 e. The molecule has 1 heterocycles. The molecule has 4 amide bonds. The van der Waals surface area contributed by atoms with Crippen LogP contribution in [0.15, 0.2) is 0 Å². The van der Waals surface area contributed by atoms with Gasteiger partial charge >= 0.3 is 17.8 Å². The van der Waals surface area contributed by atoms with Crippen LogP contribution in [0.2, 0.25) is 0 Å².